The topological polar surface area (TPSA) is 150 Å². The van der Waals surface area contributed by atoms with Crippen LogP contribution in [0.3, 0.4) is 0 Å². The molecule has 2 aromatic rings. The monoisotopic (exact) mass is 614 g/mol. The number of carbonyl (C=O) groups excluding carboxylic acids is 1. The van der Waals surface area contributed by atoms with Crippen molar-refractivity contribution in [2.75, 3.05) is 0 Å². The van der Waals surface area contributed by atoms with Gasteiger partial charge in [0.05, 0.1) is 16.9 Å². The number of para-hydroxylation sites is 1. The Kier molecular flexibility index (Phi) is 7.37. The molecule has 1 aliphatic rings. The fourth-order valence-electron chi connectivity index (χ4n) is 3.45. The lowest BCUT2D eigenvalue weighted by Crippen LogP contribution is -2.41. The van der Waals surface area contributed by atoms with E-state index in [0.29, 0.717) is 11.3 Å². The molecule has 0 amide bonds. The average molecular weight is 616 g/mol. The van der Waals surface area contributed by atoms with Crippen LogP contribution in [-0.2, 0) is 10.0 Å². The number of hydrogen-bond acceptors (Lipinski definition) is 7. The van der Waals surface area contributed by atoms with Crippen LogP contribution in [0.1, 0.15) is 42.1 Å². The molecule has 1 atom stereocenters. The number of rotatable bonds is 7. The second kappa shape index (κ2) is 9.61. The number of ketones is 1. The number of carbonyl (C=O) groups is 1. The summed E-state index contributed by atoms with van der Waals surface area (Å²) in [6.07, 6.45) is 0.428. The third kappa shape index (κ3) is 5.09. The van der Waals surface area contributed by atoms with Crippen LogP contribution in [0, 0.1) is 10.1 Å². The Balaban J connectivity index is 2.11. The standard InChI is InChI=1S/C22H20Br2N2O7S/c1-12(2)16-9-13(7-8-18(16)27)33-19-6-4-3-5-15(19)21(28)20-17(23)10-14(34(25,31)32)11-22(20,24)26(29)30/h3-10,12,27H,11H2,1-2H3,(H2,25,31,32). The Morgan fingerprint density at radius 2 is 1.91 bits per heavy atom. The summed E-state index contributed by atoms with van der Waals surface area (Å²) < 4.78 is 27.3. The van der Waals surface area contributed by atoms with Gasteiger partial charge in [-0.1, -0.05) is 41.9 Å². The molecule has 0 saturated heterocycles. The number of phenolic OH excluding ortho intramolecular Hbond substituents is 1. The van der Waals surface area contributed by atoms with E-state index in [1.807, 2.05) is 13.8 Å². The van der Waals surface area contributed by atoms with E-state index < -0.39 is 36.5 Å². The molecule has 180 valence electrons. The molecule has 0 fully saturated rings. The minimum Gasteiger partial charge on any atom is -0.508 e. The molecule has 0 bridgehead atoms. The smallest absolute Gasteiger partial charge is 0.309 e. The van der Waals surface area contributed by atoms with E-state index in [4.69, 9.17) is 9.88 Å². The second-order valence-corrected chi connectivity index (χ2v) is 11.7. The van der Waals surface area contributed by atoms with Gasteiger partial charge in [0.1, 0.15) is 22.8 Å². The summed E-state index contributed by atoms with van der Waals surface area (Å²) in [5.41, 5.74) is 0.355. The maximum Gasteiger partial charge on any atom is 0.309 e. The van der Waals surface area contributed by atoms with Crippen molar-refractivity contribution in [2.24, 2.45) is 5.14 Å². The first kappa shape index (κ1) is 26.1. The molecule has 0 aromatic heterocycles. The van der Waals surface area contributed by atoms with Crippen LogP contribution in [0.5, 0.6) is 17.2 Å². The van der Waals surface area contributed by atoms with Gasteiger partial charge in [-0.05, 0) is 42.3 Å². The van der Waals surface area contributed by atoms with Crippen molar-refractivity contribution in [3.05, 3.63) is 84.7 Å². The number of aromatic hydroxyl groups is 1. The van der Waals surface area contributed by atoms with E-state index in [0.717, 1.165) is 6.08 Å². The Morgan fingerprint density at radius 3 is 2.50 bits per heavy atom. The Hall–Kier alpha value is -2.54. The number of halogens is 2. The predicted octanol–water partition coefficient (Wildman–Crippen LogP) is 5.08. The van der Waals surface area contributed by atoms with Crippen molar-refractivity contribution in [3.8, 4) is 17.2 Å². The minimum absolute atomic E-state index is 0.0117. The number of phenols is 1. The van der Waals surface area contributed by atoms with E-state index in [-0.39, 0.29) is 33.0 Å². The highest BCUT2D eigenvalue weighted by Crippen LogP contribution is 2.45. The fraction of sp³-hybridized carbons (Fsp3) is 0.227. The summed E-state index contributed by atoms with van der Waals surface area (Å²) in [5.74, 6) is -0.147. The molecule has 0 heterocycles. The summed E-state index contributed by atoms with van der Waals surface area (Å²) >= 11 is 6.10. The molecule has 0 saturated carbocycles. The molecular weight excluding hydrogens is 596 g/mol. The molecule has 9 nitrogen and oxygen atoms in total. The van der Waals surface area contributed by atoms with Gasteiger partial charge in [0.2, 0.25) is 15.8 Å². The summed E-state index contributed by atoms with van der Waals surface area (Å²) in [7, 11) is -4.23. The minimum atomic E-state index is -4.23. The fourth-order valence-corrected chi connectivity index (χ4v) is 6.23. The summed E-state index contributed by atoms with van der Waals surface area (Å²) in [4.78, 5) is 24.4. The highest BCUT2D eigenvalue weighted by Gasteiger charge is 2.53. The van der Waals surface area contributed by atoms with Gasteiger partial charge in [-0.3, -0.25) is 14.9 Å². The van der Waals surface area contributed by atoms with Crippen LogP contribution in [0.15, 0.2) is 63.5 Å². The van der Waals surface area contributed by atoms with Crippen molar-refractivity contribution in [1.29, 1.82) is 0 Å². The molecule has 3 N–H and O–H groups in total. The lowest BCUT2D eigenvalue weighted by atomic mass is 9.91. The van der Waals surface area contributed by atoms with Gasteiger partial charge in [0.15, 0.2) is 0 Å². The zero-order valence-corrected chi connectivity index (χ0v) is 22.0. The quantitative estimate of drug-likeness (QED) is 0.145. The Bertz CT molecular complexity index is 1350. The number of nitrogens with zero attached hydrogens (tertiary/aromatic N) is 1. The number of hydrogen-bond donors (Lipinski definition) is 2. The van der Waals surface area contributed by atoms with E-state index in [2.05, 4.69) is 31.9 Å². The molecule has 3 rings (SSSR count). The van der Waals surface area contributed by atoms with Crippen LogP contribution >= 0.6 is 31.9 Å². The SMILES string of the molecule is CC(C)c1cc(Oc2ccccc2C(=O)C2=C(Br)C=C(S(N)(=O)=O)CC2(Br)[N+](=O)[O-])ccc1O. The normalized spacial score (nSPS) is 18.6. The largest absolute Gasteiger partial charge is 0.508 e. The average Bonchev–Trinajstić information content (AvgIpc) is 2.74. The lowest BCUT2D eigenvalue weighted by Gasteiger charge is -2.26. The number of primary sulfonamides is 1. The molecule has 12 heteroatoms. The van der Waals surface area contributed by atoms with Crippen LogP contribution in [-0.4, -0.2) is 28.7 Å². The molecule has 0 aliphatic heterocycles. The van der Waals surface area contributed by atoms with E-state index in [1.165, 1.54) is 24.3 Å². The van der Waals surface area contributed by atoms with Crippen LogP contribution < -0.4 is 9.88 Å². The number of nitro groups is 1. The van der Waals surface area contributed by atoms with Gasteiger partial charge in [0, 0.05) is 30.9 Å². The van der Waals surface area contributed by atoms with Crippen molar-refractivity contribution < 1.29 is 28.0 Å². The summed E-state index contributed by atoms with van der Waals surface area (Å²) in [6.45, 7) is 3.81. The number of Topliss-reactive ketones (excluding diaryl/α,β-unsaturated/α-hetero) is 1. The van der Waals surface area contributed by atoms with E-state index in [9.17, 15) is 28.4 Å². The van der Waals surface area contributed by atoms with Crippen molar-refractivity contribution in [1.82, 2.24) is 0 Å². The zero-order chi connectivity index (χ0) is 25.4. The maximum absolute atomic E-state index is 13.6. The Labute approximate surface area is 212 Å². The van der Waals surface area contributed by atoms with Gasteiger partial charge in [-0.2, -0.15) is 0 Å². The number of allylic oxidation sites excluding steroid dienone is 2. The van der Waals surface area contributed by atoms with Gasteiger partial charge >= 0.3 is 4.45 Å². The third-order valence-electron chi connectivity index (χ3n) is 5.18. The van der Waals surface area contributed by atoms with Crippen molar-refractivity contribution in [3.63, 3.8) is 0 Å². The van der Waals surface area contributed by atoms with Gasteiger partial charge in [-0.15, -0.1) is 0 Å². The molecule has 1 aliphatic carbocycles. The van der Waals surface area contributed by atoms with Gasteiger partial charge in [0.25, 0.3) is 0 Å². The highest BCUT2D eigenvalue weighted by molar-refractivity contribution is 9.12. The van der Waals surface area contributed by atoms with Crippen LogP contribution in [0.4, 0.5) is 0 Å². The number of nitrogens with two attached hydrogens (primary N) is 1. The third-order valence-corrected chi connectivity index (χ3v) is 7.77. The summed E-state index contributed by atoms with van der Waals surface area (Å²) in [6, 6.07) is 10.8. The molecular formula is C22H20Br2N2O7S. The molecule has 2 aromatic carbocycles. The first-order chi connectivity index (χ1) is 15.8. The van der Waals surface area contributed by atoms with E-state index >= 15 is 0 Å². The van der Waals surface area contributed by atoms with E-state index in [1.54, 1.807) is 18.2 Å². The first-order valence-corrected chi connectivity index (χ1v) is 13.0. The summed E-state index contributed by atoms with van der Waals surface area (Å²) in [5, 5.41) is 27.2. The number of benzene rings is 2. The number of ether oxygens (including phenoxy) is 1. The molecule has 0 spiro atoms. The number of alkyl halides is 1. The second-order valence-electron chi connectivity index (χ2n) is 7.87. The lowest BCUT2D eigenvalue weighted by molar-refractivity contribution is -0.523. The zero-order valence-electron chi connectivity index (χ0n) is 18.0. The predicted molar refractivity (Wildman–Crippen MR) is 133 cm³/mol. The molecule has 1 unspecified atom stereocenters. The van der Waals surface area contributed by atoms with Crippen molar-refractivity contribution in [2.45, 2.75) is 30.6 Å². The van der Waals surface area contributed by atoms with Crippen molar-refractivity contribution >= 4 is 47.7 Å². The van der Waals surface area contributed by atoms with Crippen LogP contribution in [0.25, 0.3) is 0 Å². The van der Waals surface area contributed by atoms with Gasteiger partial charge in [-0.25, -0.2) is 13.6 Å². The van der Waals surface area contributed by atoms with Crippen LogP contribution in [0.2, 0.25) is 0 Å². The highest BCUT2D eigenvalue weighted by atomic mass is 79.9. The molecule has 0 radical (unpaired) electrons. The molecule has 34 heavy (non-hydrogen) atoms. The van der Waals surface area contributed by atoms with Gasteiger partial charge < -0.3 is 9.84 Å². The first-order valence-electron chi connectivity index (χ1n) is 9.87. The Morgan fingerprint density at radius 1 is 1.26 bits per heavy atom. The maximum atomic E-state index is 13.6. The number of sulfonamides is 1.